The topological polar surface area (TPSA) is 73.9 Å². The highest BCUT2D eigenvalue weighted by molar-refractivity contribution is 6.05. The summed E-state index contributed by atoms with van der Waals surface area (Å²) in [7, 11) is 0. The lowest BCUT2D eigenvalue weighted by Crippen LogP contribution is -2.20. The molecule has 1 N–H and O–H groups in total. The Bertz CT molecular complexity index is 757. The molecule has 6 heteroatoms. The summed E-state index contributed by atoms with van der Waals surface area (Å²) in [5.74, 6) is 0.430. The van der Waals surface area contributed by atoms with E-state index in [0.29, 0.717) is 29.4 Å². The van der Waals surface area contributed by atoms with Crippen molar-refractivity contribution in [2.24, 2.45) is 0 Å². The standard InChI is InChI=1S/C21H25NO5/c1-4-15(3)27-20(23)14-26-17-12-10-16(11-13-17)21(24)22-18-8-6-7-9-19(18)25-5-2/h6-13,15H,4-5,14H2,1-3H3,(H,22,24)/t15-/m1/s1. The van der Waals surface area contributed by atoms with Crippen LogP contribution in [0.4, 0.5) is 5.69 Å². The largest absolute Gasteiger partial charge is 0.492 e. The van der Waals surface area contributed by atoms with E-state index < -0.39 is 5.97 Å². The SMILES string of the molecule is CCOc1ccccc1NC(=O)c1ccc(OCC(=O)O[C@H](C)CC)cc1. The fourth-order valence-electron chi connectivity index (χ4n) is 2.23. The molecular weight excluding hydrogens is 346 g/mol. The van der Waals surface area contributed by atoms with E-state index in [1.54, 1.807) is 36.4 Å². The molecule has 0 aliphatic rings. The van der Waals surface area contributed by atoms with Crippen molar-refractivity contribution in [3.05, 3.63) is 54.1 Å². The molecule has 0 saturated carbocycles. The second-order valence-corrected chi connectivity index (χ2v) is 5.91. The summed E-state index contributed by atoms with van der Waals surface area (Å²) in [5.41, 5.74) is 1.08. The van der Waals surface area contributed by atoms with Gasteiger partial charge in [-0.1, -0.05) is 19.1 Å². The van der Waals surface area contributed by atoms with Gasteiger partial charge in [-0.15, -0.1) is 0 Å². The molecule has 0 aliphatic heterocycles. The van der Waals surface area contributed by atoms with Gasteiger partial charge >= 0.3 is 5.97 Å². The van der Waals surface area contributed by atoms with E-state index in [9.17, 15) is 9.59 Å². The molecule has 0 aromatic heterocycles. The van der Waals surface area contributed by atoms with Gasteiger partial charge in [0.25, 0.3) is 5.91 Å². The van der Waals surface area contributed by atoms with Crippen molar-refractivity contribution in [1.29, 1.82) is 0 Å². The Morgan fingerprint density at radius 3 is 2.37 bits per heavy atom. The molecule has 2 rings (SSSR count). The van der Waals surface area contributed by atoms with Crippen LogP contribution in [0.1, 0.15) is 37.6 Å². The third-order valence-electron chi connectivity index (χ3n) is 3.82. The molecule has 0 aliphatic carbocycles. The lowest BCUT2D eigenvalue weighted by molar-refractivity contribution is -0.150. The van der Waals surface area contributed by atoms with E-state index in [0.717, 1.165) is 6.42 Å². The van der Waals surface area contributed by atoms with Crippen molar-refractivity contribution in [2.75, 3.05) is 18.5 Å². The van der Waals surface area contributed by atoms with E-state index in [2.05, 4.69) is 5.32 Å². The molecule has 0 unspecified atom stereocenters. The van der Waals surface area contributed by atoms with Crippen molar-refractivity contribution < 1.29 is 23.8 Å². The Kier molecular flexibility index (Phi) is 7.67. The first-order chi connectivity index (χ1) is 13.0. The zero-order chi connectivity index (χ0) is 19.6. The van der Waals surface area contributed by atoms with Crippen LogP contribution in [0.25, 0.3) is 0 Å². The van der Waals surface area contributed by atoms with Gasteiger partial charge < -0.3 is 19.5 Å². The molecule has 0 radical (unpaired) electrons. The summed E-state index contributed by atoms with van der Waals surface area (Å²) in [5, 5.41) is 2.83. The van der Waals surface area contributed by atoms with E-state index in [1.807, 2.05) is 32.9 Å². The third-order valence-corrected chi connectivity index (χ3v) is 3.82. The molecule has 2 aromatic carbocycles. The van der Waals surface area contributed by atoms with E-state index in [-0.39, 0.29) is 18.6 Å². The van der Waals surface area contributed by atoms with Crippen molar-refractivity contribution >= 4 is 17.6 Å². The number of nitrogens with one attached hydrogen (secondary N) is 1. The summed E-state index contributed by atoms with van der Waals surface area (Å²) in [4.78, 5) is 24.0. The molecule has 27 heavy (non-hydrogen) atoms. The van der Waals surface area contributed by atoms with Crippen molar-refractivity contribution in [1.82, 2.24) is 0 Å². The summed E-state index contributed by atoms with van der Waals surface area (Å²) in [6.07, 6.45) is 0.619. The normalized spacial score (nSPS) is 11.4. The predicted molar refractivity (Wildman–Crippen MR) is 103 cm³/mol. The van der Waals surface area contributed by atoms with Crippen LogP contribution >= 0.6 is 0 Å². The Hall–Kier alpha value is -3.02. The number of carbonyl (C=O) groups is 2. The molecular formula is C21H25NO5. The van der Waals surface area contributed by atoms with Crippen LogP contribution < -0.4 is 14.8 Å². The maximum atomic E-state index is 12.4. The molecule has 1 amide bonds. The first kappa shape index (κ1) is 20.3. The van der Waals surface area contributed by atoms with Gasteiger partial charge in [-0.3, -0.25) is 4.79 Å². The molecule has 6 nitrogen and oxygen atoms in total. The molecule has 0 saturated heterocycles. The second-order valence-electron chi connectivity index (χ2n) is 5.91. The van der Waals surface area contributed by atoms with Gasteiger partial charge in [0.2, 0.25) is 0 Å². The van der Waals surface area contributed by atoms with Gasteiger partial charge in [-0.25, -0.2) is 4.79 Å². The Labute approximate surface area is 159 Å². The van der Waals surface area contributed by atoms with Gasteiger partial charge in [0.15, 0.2) is 6.61 Å². The molecule has 0 heterocycles. The molecule has 1 atom stereocenters. The predicted octanol–water partition coefficient (Wildman–Crippen LogP) is 4.06. The number of ether oxygens (including phenoxy) is 3. The summed E-state index contributed by atoms with van der Waals surface area (Å²) in [6.45, 7) is 6.00. The van der Waals surface area contributed by atoms with Crippen LogP contribution in [0.5, 0.6) is 11.5 Å². The first-order valence-corrected chi connectivity index (χ1v) is 8.99. The Balaban J connectivity index is 1.93. The minimum Gasteiger partial charge on any atom is -0.492 e. The monoisotopic (exact) mass is 371 g/mol. The van der Waals surface area contributed by atoms with Crippen LogP contribution in [-0.4, -0.2) is 31.2 Å². The molecule has 2 aromatic rings. The second kappa shape index (κ2) is 10.2. The highest BCUT2D eigenvalue weighted by Crippen LogP contribution is 2.24. The fraction of sp³-hybridized carbons (Fsp3) is 0.333. The van der Waals surface area contributed by atoms with Crippen molar-refractivity contribution in [2.45, 2.75) is 33.3 Å². The van der Waals surface area contributed by atoms with E-state index >= 15 is 0 Å². The average molecular weight is 371 g/mol. The summed E-state index contributed by atoms with van der Waals surface area (Å²) >= 11 is 0. The highest BCUT2D eigenvalue weighted by atomic mass is 16.6. The van der Waals surface area contributed by atoms with Crippen LogP contribution in [0.3, 0.4) is 0 Å². The number of hydrogen-bond donors (Lipinski definition) is 1. The Morgan fingerprint density at radius 2 is 1.70 bits per heavy atom. The minimum atomic E-state index is -0.418. The quantitative estimate of drug-likeness (QED) is 0.673. The van der Waals surface area contributed by atoms with E-state index in [1.165, 1.54) is 0 Å². The fourth-order valence-corrected chi connectivity index (χ4v) is 2.23. The molecule has 0 bridgehead atoms. The minimum absolute atomic E-state index is 0.133. The third kappa shape index (κ3) is 6.33. The van der Waals surface area contributed by atoms with Crippen LogP contribution in [0.2, 0.25) is 0 Å². The summed E-state index contributed by atoms with van der Waals surface area (Å²) in [6, 6.07) is 13.8. The number of hydrogen-bond acceptors (Lipinski definition) is 5. The van der Waals surface area contributed by atoms with Crippen LogP contribution in [-0.2, 0) is 9.53 Å². The first-order valence-electron chi connectivity index (χ1n) is 8.99. The maximum Gasteiger partial charge on any atom is 0.344 e. The van der Waals surface area contributed by atoms with Gasteiger partial charge in [0.05, 0.1) is 18.4 Å². The number of rotatable bonds is 9. The number of para-hydroxylation sites is 2. The van der Waals surface area contributed by atoms with Crippen molar-refractivity contribution in [3.8, 4) is 11.5 Å². The van der Waals surface area contributed by atoms with Crippen LogP contribution in [0, 0.1) is 0 Å². The lowest BCUT2D eigenvalue weighted by atomic mass is 10.2. The average Bonchev–Trinajstić information content (AvgIpc) is 2.68. The number of anilines is 1. The highest BCUT2D eigenvalue weighted by Gasteiger charge is 2.11. The van der Waals surface area contributed by atoms with Gasteiger partial charge in [-0.2, -0.15) is 0 Å². The lowest BCUT2D eigenvalue weighted by Gasteiger charge is -2.12. The summed E-state index contributed by atoms with van der Waals surface area (Å²) < 4.78 is 16.0. The van der Waals surface area contributed by atoms with E-state index in [4.69, 9.17) is 14.2 Å². The van der Waals surface area contributed by atoms with Gasteiger partial charge in [0.1, 0.15) is 11.5 Å². The van der Waals surface area contributed by atoms with Crippen LogP contribution in [0.15, 0.2) is 48.5 Å². The smallest absolute Gasteiger partial charge is 0.344 e. The molecule has 144 valence electrons. The Morgan fingerprint density at radius 1 is 1.00 bits per heavy atom. The number of benzene rings is 2. The zero-order valence-electron chi connectivity index (χ0n) is 15.9. The van der Waals surface area contributed by atoms with Crippen molar-refractivity contribution in [3.63, 3.8) is 0 Å². The maximum absolute atomic E-state index is 12.4. The number of carbonyl (C=O) groups excluding carboxylic acids is 2. The number of esters is 1. The molecule has 0 spiro atoms. The zero-order valence-corrected chi connectivity index (χ0v) is 15.9. The van der Waals surface area contributed by atoms with Gasteiger partial charge in [0, 0.05) is 5.56 Å². The number of amides is 1. The molecule has 0 fully saturated rings. The van der Waals surface area contributed by atoms with Gasteiger partial charge in [-0.05, 0) is 56.7 Å².